The van der Waals surface area contributed by atoms with Crippen LogP contribution in [0.3, 0.4) is 0 Å². The molecule has 1 rings (SSSR count). The summed E-state index contributed by atoms with van der Waals surface area (Å²) in [5.41, 5.74) is 3.52. The number of benzene rings is 1. The van der Waals surface area contributed by atoms with Crippen molar-refractivity contribution in [3.63, 3.8) is 0 Å². The van der Waals surface area contributed by atoms with Crippen molar-refractivity contribution < 1.29 is 22.9 Å². The Bertz CT molecular complexity index is 663. The van der Waals surface area contributed by atoms with Crippen molar-refractivity contribution >= 4 is 17.3 Å². The second kappa shape index (κ2) is 8.35. The van der Waals surface area contributed by atoms with Crippen LogP contribution in [0.1, 0.15) is 25.8 Å². The van der Waals surface area contributed by atoms with Crippen molar-refractivity contribution in [1.82, 2.24) is 4.90 Å². The van der Waals surface area contributed by atoms with Gasteiger partial charge < -0.3 is 16.0 Å². The maximum Gasteiger partial charge on any atom is 0.416 e. The average Bonchev–Trinajstić information content (AvgIpc) is 2.53. The number of carbonyl (C=O) groups is 1. The normalized spacial score (nSPS) is 12.0. The summed E-state index contributed by atoms with van der Waals surface area (Å²) < 4.78 is 38.0. The predicted octanol–water partition coefficient (Wildman–Crippen LogP) is 2.86. The Morgan fingerprint density at radius 3 is 2.46 bits per heavy atom. The smallest absolute Gasteiger partial charge is 0.379 e. The second-order valence-corrected chi connectivity index (χ2v) is 6.78. The fourth-order valence-electron chi connectivity index (χ4n) is 2.30. The zero-order valence-corrected chi connectivity index (χ0v) is 14.9. The molecule has 0 saturated heterocycles. The van der Waals surface area contributed by atoms with Crippen molar-refractivity contribution in [2.24, 2.45) is 11.1 Å². The molecule has 0 bridgehead atoms. The summed E-state index contributed by atoms with van der Waals surface area (Å²) in [5, 5.41) is 13.7. The molecule has 3 N–H and O–H groups in total. The number of nitrogens with two attached hydrogens (primary N) is 1. The molecule has 0 aromatic heterocycles. The highest BCUT2D eigenvalue weighted by Crippen LogP contribution is 2.34. The quantitative estimate of drug-likeness (QED) is 0.537. The highest BCUT2D eigenvalue weighted by atomic mass is 19.4. The van der Waals surface area contributed by atoms with E-state index in [1.807, 2.05) is 13.8 Å². The Labute approximate surface area is 149 Å². The van der Waals surface area contributed by atoms with E-state index in [4.69, 9.17) is 5.73 Å². The first-order valence-electron chi connectivity index (χ1n) is 7.91. The van der Waals surface area contributed by atoms with Gasteiger partial charge in [-0.3, -0.25) is 14.9 Å². The summed E-state index contributed by atoms with van der Waals surface area (Å²) in [5.74, 6) is -0.200. The Balaban J connectivity index is 2.73. The molecule has 0 heterocycles. The van der Waals surface area contributed by atoms with Gasteiger partial charge in [-0.1, -0.05) is 13.8 Å². The molecule has 0 aliphatic rings. The number of hydrogen-bond donors (Lipinski definition) is 2. The molecule has 0 saturated carbocycles. The molecule has 7 nitrogen and oxygen atoms in total. The Morgan fingerprint density at radius 1 is 1.35 bits per heavy atom. The highest BCUT2D eigenvalue weighted by Gasteiger charge is 2.33. The zero-order chi connectivity index (χ0) is 20.1. The summed E-state index contributed by atoms with van der Waals surface area (Å²) in [6, 6.07) is 2.22. The van der Waals surface area contributed by atoms with Gasteiger partial charge in [-0.25, -0.2) is 0 Å². The van der Waals surface area contributed by atoms with E-state index >= 15 is 0 Å². The fraction of sp³-hybridized carbons (Fsp3) is 0.562. The van der Waals surface area contributed by atoms with Gasteiger partial charge in [-0.05, 0) is 24.1 Å². The molecule has 0 aliphatic heterocycles. The van der Waals surface area contributed by atoms with E-state index in [-0.39, 0.29) is 30.0 Å². The van der Waals surface area contributed by atoms with E-state index in [0.717, 1.165) is 12.1 Å². The molecule has 26 heavy (non-hydrogen) atoms. The molecule has 0 radical (unpaired) electrons. The van der Waals surface area contributed by atoms with Crippen LogP contribution in [0.4, 0.5) is 24.5 Å². The van der Waals surface area contributed by atoms with E-state index < -0.39 is 22.4 Å². The van der Waals surface area contributed by atoms with Gasteiger partial charge in [0, 0.05) is 32.6 Å². The maximum absolute atomic E-state index is 12.7. The summed E-state index contributed by atoms with van der Waals surface area (Å²) >= 11 is 0. The molecule has 10 heteroatoms. The maximum atomic E-state index is 12.7. The Morgan fingerprint density at radius 2 is 1.96 bits per heavy atom. The lowest BCUT2D eigenvalue weighted by Crippen LogP contribution is -2.40. The van der Waals surface area contributed by atoms with Crippen LogP contribution in [-0.2, 0) is 11.0 Å². The molecule has 1 amide bonds. The van der Waals surface area contributed by atoms with Crippen molar-refractivity contribution in [3.05, 3.63) is 33.9 Å². The van der Waals surface area contributed by atoms with E-state index in [9.17, 15) is 28.1 Å². The third-order valence-electron chi connectivity index (χ3n) is 3.82. The lowest BCUT2D eigenvalue weighted by molar-refractivity contribution is -0.384. The molecular weight excluding hydrogens is 353 g/mol. The fourth-order valence-corrected chi connectivity index (χ4v) is 2.30. The minimum Gasteiger partial charge on any atom is -0.379 e. The van der Waals surface area contributed by atoms with Gasteiger partial charge in [0.05, 0.1) is 10.5 Å². The largest absolute Gasteiger partial charge is 0.416 e. The number of nitro groups is 1. The van der Waals surface area contributed by atoms with Gasteiger partial charge in [0.25, 0.3) is 5.69 Å². The molecule has 0 fully saturated rings. The second-order valence-electron chi connectivity index (χ2n) is 6.78. The van der Waals surface area contributed by atoms with E-state index in [1.54, 1.807) is 7.05 Å². The number of carbonyl (C=O) groups excluding carboxylic acids is 1. The number of nitro benzene ring substituents is 1. The molecule has 1 aromatic carbocycles. The summed E-state index contributed by atoms with van der Waals surface area (Å²) in [6.45, 7) is 4.74. The summed E-state index contributed by atoms with van der Waals surface area (Å²) in [7, 11) is 1.63. The Hall–Kier alpha value is -2.36. The van der Waals surface area contributed by atoms with Crippen molar-refractivity contribution in [2.45, 2.75) is 26.4 Å². The van der Waals surface area contributed by atoms with E-state index in [0.29, 0.717) is 19.2 Å². The molecule has 1 aromatic rings. The third kappa shape index (κ3) is 6.17. The van der Waals surface area contributed by atoms with Crippen LogP contribution < -0.4 is 11.1 Å². The van der Waals surface area contributed by atoms with Crippen LogP contribution in [-0.4, -0.2) is 42.4 Å². The van der Waals surface area contributed by atoms with Gasteiger partial charge in [0.2, 0.25) is 5.91 Å². The third-order valence-corrected chi connectivity index (χ3v) is 3.82. The van der Waals surface area contributed by atoms with Gasteiger partial charge in [0.1, 0.15) is 5.69 Å². The van der Waals surface area contributed by atoms with Crippen LogP contribution in [0.25, 0.3) is 0 Å². The lowest BCUT2D eigenvalue weighted by atomic mass is 9.93. The zero-order valence-electron chi connectivity index (χ0n) is 14.9. The van der Waals surface area contributed by atoms with Crippen LogP contribution in [0.2, 0.25) is 0 Å². The predicted molar refractivity (Wildman–Crippen MR) is 91.7 cm³/mol. The summed E-state index contributed by atoms with van der Waals surface area (Å²) in [6.07, 6.45) is -4.63. The summed E-state index contributed by atoms with van der Waals surface area (Å²) in [4.78, 5) is 23.7. The molecule has 0 unspecified atom stereocenters. The first kappa shape index (κ1) is 21.7. The minimum absolute atomic E-state index is 0.0370. The van der Waals surface area contributed by atoms with Gasteiger partial charge in [-0.2, -0.15) is 13.2 Å². The molecule has 146 valence electrons. The number of hydrogen-bond acceptors (Lipinski definition) is 5. The average molecular weight is 376 g/mol. The highest BCUT2D eigenvalue weighted by molar-refractivity contribution is 5.76. The standard InChI is InChI=1S/C16H23F3N4O3/c1-15(2,9-20)10-22(3)14(24)6-7-21-12-5-4-11(16(17,18)19)8-13(12)23(25)26/h4-5,8,21H,6-7,9-10,20H2,1-3H3. The van der Waals surface area contributed by atoms with Gasteiger partial charge >= 0.3 is 6.18 Å². The SMILES string of the molecule is CN(CC(C)(C)CN)C(=O)CCNc1ccc(C(F)(F)F)cc1[N+](=O)[O-]. The molecule has 0 atom stereocenters. The number of halogens is 3. The van der Waals surface area contributed by atoms with Crippen LogP contribution in [0.5, 0.6) is 0 Å². The molecule has 0 spiro atoms. The van der Waals surface area contributed by atoms with E-state index in [2.05, 4.69) is 5.32 Å². The molecule has 0 aliphatic carbocycles. The monoisotopic (exact) mass is 376 g/mol. The lowest BCUT2D eigenvalue weighted by Gasteiger charge is -2.29. The van der Waals surface area contributed by atoms with Gasteiger partial charge in [0.15, 0.2) is 0 Å². The van der Waals surface area contributed by atoms with Crippen molar-refractivity contribution in [3.8, 4) is 0 Å². The minimum atomic E-state index is -4.67. The first-order valence-corrected chi connectivity index (χ1v) is 7.91. The number of anilines is 1. The first-order chi connectivity index (χ1) is 11.9. The molecular formula is C16H23F3N4O3. The number of alkyl halides is 3. The van der Waals surface area contributed by atoms with Crippen molar-refractivity contribution in [1.29, 1.82) is 0 Å². The number of rotatable bonds is 8. The van der Waals surface area contributed by atoms with Gasteiger partial charge in [-0.15, -0.1) is 0 Å². The van der Waals surface area contributed by atoms with Crippen molar-refractivity contribution in [2.75, 3.05) is 32.0 Å². The van der Waals surface area contributed by atoms with Crippen LogP contribution in [0, 0.1) is 15.5 Å². The number of nitrogens with zero attached hydrogens (tertiary/aromatic N) is 2. The number of amides is 1. The van der Waals surface area contributed by atoms with Crippen LogP contribution in [0.15, 0.2) is 18.2 Å². The number of nitrogens with one attached hydrogen (secondary N) is 1. The van der Waals surface area contributed by atoms with E-state index in [1.165, 1.54) is 4.90 Å². The van der Waals surface area contributed by atoms with Crippen LogP contribution >= 0.6 is 0 Å². The topological polar surface area (TPSA) is 102 Å². The Kier molecular flexibility index (Phi) is 6.96.